The molecule has 1 atom stereocenters. The number of hydrogen-bond acceptors (Lipinski definition) is 3. The zero-order valence-electron chi connectivity index (χ0n) is 13.3. The second kappa shape index (κ2) is 7.69. The molecule has 1 amide bonds. The Kier molecular flexibility index (Phi) is 6.52. The van der Waals surface area contributed by atoms with Crippen molar-refractivity contribution in [3.05, 3.63) is 23.8 Å². The van der Waals surface area contributed by atoms with Crippen molar-refractivity contribution in [2.45, 2.75) is 45.0 Å². The number of alkyl halides is 1. The van der Waals surface area contributed by atoms with Gasteiger partial charge in [-0.15, -0.1) is 0 Å². The molecule has 0 saturated heterocycles. The number of ether oxygens (including phenoxy) is 2. The molecule has 118 valence electrons. The predicted octanol–water partition coefficient (Wildman–Crippen LogP) is 3.78. The SMILES string of the molecule is CCOc1ccc(C(=O)NC(C)(C)C(C)Br)cc1OCC. The van der Waals surface area contributed by atoms with E-state index in [0.29, 0.717) is 30.3 Å². The number of nitrogens with one attached hydrogen (secondary N) is 1. The second-order valence-electron chi connectivity index (χ2n) is 5.32. The summed E-state index contributed by atoms with van der Waals surface area (Å²) in [6.45, 7) is 10.8. The van der Waals surface area contributed by atoms with Crippen LogP contribution in [0.2, 0.25) is 0 Å². The fraction of sp³-hybridized carbons (Fsp3) is 0.562. The van der Waals surface area contributed by atoms with Gasteiger partial charge in [-0.05, 0) is 45.9 Å². The first-order chi connectivity index (χ1) is 9.81. The highest BCUT2D eigenvalue weighted by molar-refractivity contribution is 9.09. The standard InChI is InChI=1S/C16H24BrNO3/c1-6-20-13-9-8-12(10-14(13)21-7-2)15(19)18-16(4,5)11(3)17/h8-11H,6-7H2,1-5H3,(H,18,19). The fourth-order valence-electron chi connectivity index (χ4n) is 1.66. The molecule has 4 nitrogen and oxygen atoms in total. The van der Waals surface area contributed by atoms with E-state index in [1.807, 2.05) is 34.6 Å². The maximum atomic E-state index is 12.4. The summed E-state index contributed by atoms with van der Waals surface area (Å²) >= 11 is 3.51. The lowest BCUT2D eigenvalue weighted by Crippen LogP contribution is -2.48. The van der Waals surface area contributed by atoms with Crippen LogP contribution in [-0.2, 0) is 0 Å². The Labute approximate surface area is 135 Å². The number of carbonyl (C=O) groups excluding carboxylic acids is 1. The molecule has 5 heteroatoms. The van der Waals surface area contributed by atoms with Crippen molar-refractivity contribution < 1.29 is 14.3 Å². The van der Waals surface area contributed by atoms with Crippen molar-refractivity contribution in [2.24, 2.45) is 0 Å². The molecule has 0 bridgehead atoms. The zero-order chi connectivity index (χ0) is 16.0. The molecular weight excluding hydrogens is 334 g/mol. The van der Waals surface area contributed by atoms with Crippen molar-refractivity contribution >= 4 is 21.8 Å². The molecule has 1 N–H and O–H groups in total. The number of amides is 1. The third kappa shape index (κ3) is 4.92. The Hall–Kier alpha value is -1.23. The molecule has 0 fully saturated rings. The van der Waals surface area contributed by atoms with E-state index >= 15 is 0 Å². The maximum absolute atomic E-state index is 12.4. The molecular formula is C16H24BrNO3. The van der Waals surface area contributed by atoms with Gasteiger partial charge in [0.2, 0.25) is 0 Å². The van der Waals surface area contributed by atoms with Crippen LogP contribution in [-0.4, -0.2) is 29.5 Å². The molecule has 0 aliphatic carbocycles. The van der Waals surface area contributed by atoms with Crippen LogP contribution in [0, 0.1) is 0 Å². The first-order valence-corrected chi connectivity index (χ1v) is 8.09. The molecule has 0 aliphatic heterocycles. The summed E-state index contributed by atoms with van der Waals surface area (Å²) < 4.78 is 11.0. The average molecular weight is 358 g/mol. The lowest BCUT2D eigenvalue weighted by atomic mass is 10.0. The summed E-state index contributed by atoms with van der Waals surface area (Å²) in [5.74, 6) is 1.12. The van der Waals surface area contributed by atoms with E-state index in [1.165, 1.54) is 0 Å². The van der Waals surface area contributed by atoms with Crippen LogP contribution in [0.5, 0.6) is 11.5 Å². The number of halogens is 1. The molecule has 1 aromatic rings. The molecule has 0 spiro atoms. The van der Waals surface area contributed by atoms with Gasteiger partial charge in [-0.25, -0.2) is 0 Å². The Morgan fingerprint density at radius 1 is 1.24 bits per heavy atom. The quantitative estimate of drug-likeness (QED) is 0.755. The van der Waals surface area contributed by atoms with E-state index in [0.717, 1.165) is 0 Å². The number of carbonyl (C=O) groups is 1. The number of benzene rings is 1. The molecule has 0 saturated carbocycles. The number of hydrogen-bond donors (Lipinski definition) is 1. The van der Waals surface area contributed by atoms with E-state index in [1.54, 1.807) is 18.2 Å². The van der Waals surface area contributed by atoms with E-state index in [2.05, 4.69) is 21.2 Å². The first-order valence-electron chi connectivity index (χ1n) is 7.18. The predicted molar refractivity (Wildman–Crippen MR) is 88.7 cm³/mol. The van der Waals surface area contributed by atoms with E-state index in [4.69, 9.17) is 9.47 Å². The van der Waals surface area contributed by atoms with Crippen LogP contribution in [0.3, 0.4) is 0 Å². The average Bonchev–Trinajstić information content (AvgIpc) is 2.40. The van der Waals surface area contributed by atoms with Gasteiger partial charge >= 0.3 is 0 Å². The monoisotopic (exact) mass is 357 g/mol. The minimum absolute atomic E-state index is 0.129. The van der Waals surface area contributed by atoms with Crippen LogP contribution in [0.4, 0.5) is 0 Å². The molecule has 21 heavy (non-hydrogen) atoms. The lowest BCUT2D eigenvalue weighted by Gasteiger charge is -2.29. The second-order valence-corrected chi connectivity index (χ2v) is 6.69. The third-order valence-electron chi connectivity index (χ3n) is 3.24. The summed E-state index contributed by atoms with van der Waals surface area (Å²) in [6, 6.07) is 5.24. The fourth-order valence-corrected chi connectivity index (χ4v) is 1.77. The van der Waals surface area contributed by atoms with Crippen LogP contribution >= 0.6 is 15.9 Å². The van der Waals surface area contributed by atoms with Gasteiger partial charge in [-0.2, -0.15) is 0 Å². The minimum atomic E-state index is -0.346. The minimum Gasteiger partial charge on any atom is -0.490 e. The molecule has 0 aromatic heterocycles. The molecule has 0 aliphatic rings. The van der Waals surface area contributed by atoms with Crippen LogP contribution < -0.4 is 14.8 Å². The lowest BCUT2D eigenvalue weighted by molar-refractivity contribution is 0.0913. The Bertz CT molecular complexity index is 486. The highest BCUT2D eigenvalue weighted by Crippen LogP contribution is 2.29. The van der Waals surface area contributed by atoms with Crippen LogP contribution in [0.1, 0.15) is 45.0 Å². The summed E-state index contributed by atoms with van der Waals surface area (Å²) in [6.07, 6.45) is 0. The maximum Gasteiger partial charge on any atom is 0.251 e. The van der Waals surface area contributed by atoms with Crippen molar-refractivity contribution in [3.63, 3.8) is 0 Å². The third-order valence-corrected chi connectivity index (χ3v) is 4.38. The van der Waals surface area contributed by atoms with Gasteiger partial charge in [0.1, 0.15) is 0 Å². The molecule has 0 heterocycles. The molecule has 0 radical (unpaired) electrons. The topological polar surface area (TPSA) is 47.6 Å². The van der Waals surface area contributed by atoms with Crippen molar-refractivity contribution in [1.29, 1.82) is 0 Å². The smallest absolute Gasteiger partial charge is 0.251 e. The highest BCUT2D eigenvalue weighted by Gasteiger charge is 2.26. The van der Waals surface area contributed by atoms with Crippen LogP contribution in [0.25, 0.3) is 0 Å². The van der Waals surface area contributed by atoms with Gasteiger partial charge in [-0.3, -0.25) is 4.79 Å². The highest BCUT2D eigenvalue weighted by atomic mass is 79.9. The summed E-state index contributed by atoms with van der Waals surface area (Å²) in [5.41, 5.74) is 0.213. The van der Waals surface area contributed by atoms with Gasteiger partial charge in [0, 0.05) is 15.9 Å². The van der Waals surface area contributed by atoms with Crippen molar-refractivity contribution in [2.75, 3.05) is 13.2 Å². The van der Waals surface area contributed by atoms with Gasteiger partial charge in [0.05, 0.1) is 13.2 Å². The Morgan fingerprint density at radius 2 is 1.81 bits per heavy atom. The normalized spacial score (nSPS) is 12.7. The Morgan fingerprint density at radius 3 is 2.33 bits per heavy atom. The van der Waals surface area contributed by atoms with Gasteiger partial charge in [0.25, 0.3) is 5.91 Å². The van der Waals surface area contributed by atoms with E-state index in [9.17, 15) is 4.79 Å². The van der Waals surface area contributed by atoms with Crippen LogP contribution in [0.15, 0.2) is 18.2 Å². The summed E-state index contributed by atoms with van der Waals surface area (Å²) in [5, 5.41) is 3.01. The van der Waals surface area contributed by atoms with E-state index in [-0.39, 0.29) is 16.3 Å². The van der Waals surface area contributed by atoms with Crippen molar-refractivity contribution in [3.8, 4) is 11.5 Å². The summed E-state index contributed by atoms with van der Waals surface area (Å²) in [7, 11) is 0. The van der Waals surface area contributed by atoms with Gasteiger partial charge in [0.15, 0.2) is 11.5 Å². The van der Waals surface area contributed by atoms with Gasteiger partial charge < -0.3 is 14.8 Å². The van der Waals surface area contributed by atoms with Crippen molar-refractivity contribution in [1.82, 2.24) is 5.32 Å². The summed E-state index contributed by atoms with van der Waals surface area (Å²) in [4.78, 5) is 12.5. The molecule has 1 unspecified atom stereocenters. The van der Waals surface area contributed by atoms with E-state index < -0.39 is 0 Å². The Balaban J connectivity index is 2.97. The number of rotatable bonds is 7. The van der Waals surface area contributed by atoms with Gasteiger partial charge in [-0.1, -0.05) is 22.9 Å². The molecule has 1 rings (SSSR count). The zero-order valence-corrected chi connectivity index (χ0v) is 14.9. The first kappa shape index (κ1) is 17.8. The largest absolute Gasteiger partial charge is 0.490 e. The molecule has 1 aromatic carbocycles.